The van der Waals surface area contributed by atoms with Gasteiger partial charge in [-0.2, -0.15) is 10.4 Å². The van der Waals surface area contributed by atoms with E-state index in [4.69, 9.17) is 10.1 Å². The molecule has 0 fully saturated rings. The first kappa shape index (κ1) is 25.1. The number of hydroxylamine groups is 2. The minimum Gasteiger partial charge on any atom is -0.340 e. The Hall–Kier alpha value is -4.05. The summed E-state index contributed by atoms with van der Waals surface area (Å²) in [4.78, 5) is 47.1. The number of urea groups is 1. The number of rotatable bonds is 4. The highest BCUT2D eigenvalue weighted by Gasteiger charge is 2.38. The summed E-state index contributed by atoms with van der Waals surface area (Å²) >= 11 is 0. The SMILES string of the molecule is CC(F)CN(C)C(=O)C1Cn2nc3c(c2C(=O)N(C)O1)CN(C(=O)Nc1ccc(F)c(C#N)c1)CC3. The third kappa shape index (κ3) is 4.85. The number of nitrogens with zero attached hydrogens (tertiary/aromatic N) is 6. The summed E-state index contributed by atoms with van der Waals surface area (Å²) < 4.78 is 28.4. The normalized spacial score (nSPS) is 18.0. The van der Waals surface area contributed by atoms with E-state index in [9.17, 15) is 23.2 Å². The predicted octanol–water partition coefficient (Wildman–Crippen LogP) is 1.69. The number of nitriles is 1. The van der Waals surface area contributed by atoms with Crippen LogP contribution in [0.3, 0.4) is 0 Å². The molecule has 11 nitrogen and oxygen atoms in total. The van der Waals surface area contributed by atoms with E-state index in [1.165, 1.54) is 47.6 Å². The summed E-state index contributed by atoms with van der Waals surface area (Å²) in [6.45, 7) is 1.54. The first-order valence-corrected chi connectivity index (χ1v) is 11.3. The maximum Gasteiger partial charge on any atom is 0.322 e. The van der Waals surface area contributed by atoms with Gasteiger partial charge in [0, 0.05) is 38.3 Å². The van der Waals surface area contributed by atoms with E-state index in [1.54, 1.807) is 6.07 Å². The molecule has 4 amide bonds. The number of carbonyl (C=O) groups is 3. The van der Waals surface area contributed by atoms with Gasteiger partial charge in [-0.15, -0.1) is 0 Å². The summed E-state index contributed by atoms with van der Waals surface area (Å²) in [6, 6.07) is 4.92. The fraction of sp³-hybridized carbons (Fsp3) is 0.435. The van der Waals surface area contributed by atoms with Crippen molar-refractivity contribution in [3.63, 3.8) is 0 Å². The summed E-state index contributed by atoms with van der Waals surface area (Å²) in [5.74, 6) is -1.70. The van der Waals surface area contributed by atoms with Gasteiger partial charge in [0.2, 0.25) is 0 Å². The Morgan fingerprint density at radius 1 is 1.42 bits per heavy atom. The molecule has 36 heavy (non-hydrogen) atoms. The molecule has 190 valence electrons. The Kier molecular flexibility index (Phi) is 6.89. The molecule has 2 aromatic rings. The fourth-order valence-electron chi connectivity index (χ4n) is 4.28. The number of benzene rings is 1. The average Bonchev–Trinajstić information content (AvgIpc) is 3.14. The van der Waals surface area contributed by atoms with Gasteiger partial charge in [0.25, 0.3) is 11.8 Å². The van der Waals surface area contributed by atoms with Crippen LogP contribution in [0.25, 0.3) is 0 Å². The molecule has 1 N–H and O–H groups in total. The molecule has 13 heteroatoms. The van der Waals surface area contributed by atoms with Gasteiger partial charge >= 0.3 is 6.03 Å². The molecule has 1 aromatic carbocycles. The van der Waals surface area contributed by atoms with Gasteiger partial charge in [-0.1, -0.05) is 0 Å². The van der Waals surface area contributed by atoms with Crippen LogP contribution in [0.15, 0.2) is 18.2 Å². The van der Waals surface area contributed by atoms with Gasteiger partial charge in [-0.05, 0) is 25.1 Å². The van der Waals surface area contributed by atoms with Crippen LogP contribution in [0.2, 0.25) is 0 Å². The summed E-state index contributed by atoms with van der Waals surface area (Å²) in [5.41, 5.74) is 1.43. The largest absolute Gasteiger partial charge is 0.340 e. The average molecular weight is 501 g/mol. The van der Waals surface area contributed by atoms with Crippen LogP contribution in [-0.4, -0.2) is 81.9 Å². The lowest BCUT2D eigenvalue weighted by Gasteiger charge is -2.27. The van der Waals surface area contributed by atoms with Gasteiger partial charge < -0.3 is 15.1 Å². The summed E-state index contributed by atoms with van der Waals surface area (Å²) in [6.07, 6.45) is -1.95. The standard InChI is InChI=1S/C23H25F2N7O4/c1-13(24)10-29(2)21(33)19-12-32-20(22(34)30(3)36-19)16-11-31(7-6-18(16)28-32)23(35)27-15-4-5-17(25)14(8-15)9-26/h4-5,8,13,19H,6-7,10-12H2,1-3H3,(H,27,35). The van der Waals surface area contributed by atoms with Crippen LogP contribution in [0, 0.1) is 17.1 Å². The Labute approximate surface area is 205 Å². The molecular weight excluding hydrogens is 476 g/mol. The Balaban J connectivity index is 1.55. The van der Waals surface area contributed by atoms with E-state index in [0.717, 1.165) is 11.1 Å². The zero-order valence-electron chi connectivity index (χ0n) is 20.0. The van der Waals surface area contributed by atoms with E-state index < -0.39 is 35.9 Å². The number of hydrogen-bond acceptors (Lipinski definition) is 6. The van der Waals surface area contributed by atoms with Crippen molar-refractivity contribution in [2.75, 3.05) is 32.5 Å². The third-order valence-electron chi connectivity index (χ3n) is 6.02. The van der Waals surface area contributed by atoms with Crippen molar-refractivity contribution in [1.29, 1.82) is 5.26 Å². The molecule has 0 spiro atoms. The highest BCUT2D eigenvalue weighted by atomic mass is 19.1. The minimum atomic E-state index is -1.23. The van der Waals surface area contributed by atoms with E-state index in [0.29, 0.717) is 24.2 Å². The van der Waals surface area contributed by atoms with Crippen LogP contribution >= 0.6 is 0 Å². The van der Waals surface area contributed by atoms with Crippen molar-refractivity contribution < 1.29 is 28.0 Å². The molecule has 2 atom stereocenters. The van der Waals surface area contributed by atoms with Gasteiger partial charge in [0.15, 0.2) is 6.10 Å². The smallest absolute Gasteiger partial charge is 0.322 e. The van der Waals surface area contributed by atoms with Gasteiger partial charge in [-0.25, -0.2) is 18.6 Å². The first-order chi connectivity index (χ1) is 17.1. The molecule has 0 aliphatic carbocycles. The number of likely N-dealkylation sites (N-methyl/N-ethyl adjacent to an activating group) is 1. The molecule has 0 saturated carbocycles. The number of nitrogens with one attached hydrogen (secondary N) is 1. The van der Waals surface area contributed by atoms with Gasteiger partial charge in [0.1, 0.15) is 23.8 Å². The lowest BCUT2D eigenvalue weighted by Crippen LogP contribution is -2.44. The first-order valence-electron chi connectivity index (χ1n) is 11.3. The quantitative estimate of drug-likeness (QED) is 0.680. The van der Waals surface area contributed by atoms with Crippen LogP contribution < -0.4 is 5.32 Å². The Bertz CT molecular complexity index is 1260. The lowest BCUT2D eigenvalue weighted by atomic mass is 10.1. The van der Waals surface area contributed by atoms with Gasteiger partial charge in [-0.3, -0.25) is 19.1 Å². The summed E-state index contributed by atoms with van der Waals surface area (Å²) in [7, 11) is 2.84. The third-order valence-corrected chi connectivity index (χ3v) is 6.02. The number of hydrogen-bond donors (Lipinski definition) is 1. The number of aromatic nitrogens is 2. The Morgan fingerprint density at radius 2 is 2.17 bits per heavy atom. The summed E-state index contributed by atoms with van der Waals surface area (Å²) in [5, 5.41) is 17.1. The van der Waals surface area contributed by atoms with Crippen molar-refractivity contribution in [1.82, 2.24) is 24.6 Å². The van der Waals surface area contributed by atoms with Crippen LogP contribution in [0.4, 0.5) is 19.3 Å². The van der Waals surface area contributed by atoms with Crippen molar-refractivity contribution >= 4 is 23.5 Å². The number of halogens is 2. The second-order valence-corrected chi connectivity index (χ2v) is 8.76. The number of carbonyl (C=O) groups excluding carboxylic acids is 3. The zero-order chi connectivity index (χ0) is 26.1. The van der Waals surface area contributed by atoms with Crippen LogP contribution in [0.1, 0.15) is 34.2 Å². The molecule has 1 aromatic heterocycles. The molecule has 2 aliphatic rings. The molecule has 0 saturated heterocycles. The molecule has 2 aliphatic heterocycles. The van der Waals surface area contributed by atoms with Crippen molar-refractivity contribution in [2.45, 2.75) is 38.7 Å². The van der Waals surface area contributed by atoms with Gasteiger partial charge in [0.05, 0.1) is 30.9 Å². The molecule has 2 unspecified atom stereocenters. The fourth-order valence-corrected chi connectivity index (χ4v) is 4.28. The van der Waals surface area contributed by atoms with E-state index in [2.05, 4.69) is 10.4 Å². The minimum absolute atomic E-state index is 0.0546. The van der Waals surface area contributed by atoms with E-state index >= 15 is 0 Å². The molecular formula is C23H25F2N7O4. The van der Waals surface area contributed by atoms with E-state index in [1.807, 2.05) is 0 Å². The second-order valence-electron chi connectivity index (χ2n) is 8.76. The number of fused-ring (bicyclic) bond motifs is 3. The Morgan fingerprint density at radius 3 is 2.86 bits per heavy atom. The number of alkyl halides is 1. The van der Waals surface area contributed by atoms with Crippen molar-refractivity contribution in [3.8, 4) is 6.07 Å². The van der Waals surface area contributed by atoms with E-state index in [-0.39, 0.29) is 36.6 Å². The maximum atomic E-state index is 13.6. The molecule has 4 rings (SSSR count). The van der Waals surface area contributed by atoms with Crippen LogP contribution in [-0.2, 0) is 29.1 Å². The van der Waals surface area contributed by atoms with Crippen molar-refractivity contribution in [3.05, 3.63) is 46.5 Å². The predicted molar refractivity (Wildman–Crippen MR) is 122 cm³/mol. The zero-order valence-corrected chi connectivity index (χ0v) is 20.0. The van der Waals surface area contributed by atoms with Crippen LogP contribution in [0.5, 0.6) is 0 Å². The lowest BCUT2D eigenvalue weighted by molar-refractivity contribution is -0.176. The molecule has 3 heterocycles. The number of amides is 4. The van der Waals surface area contributed by atoms with Crippen molar-refractivity contribution in [2.24, 2.45) is 0 Å². The topological polar surface area (TPSA) is 124 Å². The number of anilines is 1. The highest BCUT2D eigenvalue weighted by Crippen LogP contribution is 2.27. The highest BCUT2D eigenvalue weighted by molar-refractivity contribution is 5.95. The molecule has 0 bridgehead atoms. The maximum absolute atomic E-state index is 13.6. The molecule has 0 radical (unpaired) electrons. The second kappa shape index (κ2) is 9.90. The monoisotopic (exact) mass is 501 g/mol.